The van der Waals surface area contributed by atoms with E-state index in [1.807, 2.05) is 37.4 Å². The molecular formula is C19H16N2OS. The van der Waals surface area contributed by atoms with Gasteiger partial charge in [-0.3, -0.25) is 9.69 Å². The molecular weight excluding hydrogens is 304 g/mol. The Kier molecular flexibility index (Phi) is 3.46. The zero-order valence-electron chi connectivity index (χ0n) is 12.7. The van der Waals surface area contributed by atoms with Gasteiger partial charge in [0.2, 0.25) is 5.91 Å². The quantitative estimate of drug-likeness (QED) is 0.730. The third-order valence-corrected chi connectivity index (χ3v) is 5.16. The fourth-order valence-electron chi connectivity index (χ4n) is 3.39. The van der Waals surface area contributed by atoms with Crippen LogP contribution in [0.15, 0.2) is 65.5 Å². The molecule has 2 aromatic heterocycles. The van der Waals surface area contributed by atoms with Crippen LogP contribution in [0.1, 0.15) is 28.5 Å². The van der Waals surface area contributed by atoms with Crippen LogP contribution in [0.4, 0.5) is 5.82 Å². The lowest BCUT2D eigenvalue weighted by Crippen LogP contribution is -2.27. The van der Waals surface area contributed by atoms with Crippen molar-refractivity contribution in [2.45, 2.75) is 11.8 Å². The van der Waals surface area contributed by atoms with E-state index < -0.39 is 0 Å². The second-order valence-corrected chi connectivity index (χ2v) is 6.52. The summed E-state index contributed by atoms with van der Waals surface area (Å²) in [6, 6.07) is 16.3. The highest BCUT2D eigenvalue weighted by atomic mass is 32.1. The van der Waals surface area contributed by atoms with Crippen LogP contribution >= 0.6 is 11.3 Å². The molecule has 4 rings (SSSR count). The number of fused-ring (bicyclic) bond motifs is 1. The molecule has 1 aliphatic heterocycles. The van der Waals surface area contributed by atoms with Gasteiger partial charge in [0.05, 0.1) is 5.92 Å². The predicted molar refractivity (Wildman–Crippen MR) is 93.0 cm³/mol. The van der Waals surface area contributed by atoms with Crippen LogP contribution in [-0.2, 0) is 4.79 Å². The minimum absolute atomic E-state index is 0.0165. The second-order valence-electron chi connectivity index (χ2n) is 5.74. The molecule has 2 unspecified atom stereocenters. The molecule has 4 heteroatoms. The number of rotatable bonds is 3. The Labute approximate surface area is 139 Å². The van der Waals surface area contributed by atoms with Crippen molar-refractivity contribution in [3.05, 3.63) is 82.2 Å². The van der Waals surface area contributed by atoms with Crippen molar-refractivity contribution in [3.8, 4) is 0 Å². The van der Waals surface area contributed by atoms with Crippen LogP contribution < -0.4 is 4.90 Å². The van der Waals surface area contributed by atoms with Crippen LogP contribution in [-0.4, -0.2) is 17.9 Å². The Morgan fingerprint density at radius 1 is 1.09 bits per heavy atom. The number of thiophene rings is 1. The third-order valence-electron chi connectivity index (χ3n) is 4.46. The van der Waals surface area contributed by atoms with Crippen LogP contribution in [0.3, 0.4) is 0 Å². The number of nitrogens with zero attached hydrogens (tertiary/aromatic N) is 2. The standard InChI is InChI=1S/C19H16N2OS/c1-21-18-15(8-5-10-20-18)17(19(21)22)16(14-9-11-23-12-14)13-6-3-2-4-7-13/h2-12,16-17H,1H3. The summed E-state index contributed by atoms with van der Waals surface area (Å²) in [7, 11) is 1.81. The monoisotopic (exact) mass is 320 g/mol. The molecule has 3 heterocycles. The molecule has 3 nitrogen and oxygen atoms in total. The highest BCUT2D eigenvalue weighted by Crippen LogP contribution is 2.46. The van der Waals surface area contributed by atoms with Crippen molar-refractivity contribution in [2.24, 2.45) is 0 Å². The van der Waals surface area contributed by atoms with Gasteiger partial charge in [-0.15, -0.1) is 0 Å². The number of pyridine rings is 1. The Balaban J connectivity index is 1.90. The molecule has 23 heavy (non-hydrogen) atoms. The lowest BCUT2D eigenvalue weighted by molar-refractivity contribution is -0.119. The Hall–Kier alpha value is -2.46. The fraction of sp³-hybridized carbons (Fsp3) is 0.158. The fourth-order valence-corrected chi connectivity index (χ4v) is 4.09. The average Bonchev–Trinajstić information content (AvgIpc) is 3.20. The summed E-state index contributed by atoms with van der Waals surface area (Å²) in [4.78, 5) is 19.1. The first-order valence-electron chi connectivity index (χ1n) is 7.57. The molecule has 3 aromatic rings. The first-order chi connectivity index (χ1) is 11.3. The molecule has 0 fully saturated rings. The molecule has 0 bridgehead atoms. The van der Waals surface area contributed by atoms with E-state index >= 15 is 0 Å². The zero-order valence-corrected chi connectivity index (χ0v) is 13.5. The van der Waals surface area contributed by atoms with Gasteiger partial charge < -0.3 is 0 Å². The van der Waals surface area contributed by atoms with Gasteiger partial charge in [0, 0.05) is 24.7 Å². The van der Waals surface area contributed by atoms with Crippen LogP contribution in [0.2, 0.25) is 0 Å². The summed E-state index contributed by atoms with van der Waals surface area (Å²) < 4.78 is 0. The van der Waals surface area contributed by atoms with Crippen molar-refractivity contribution in [3.63, 3.8) is 0 Å². The normalized spacial score (nSPS) is 18.0. The summed E-state index contributed by atoms with van der Waals surface area (Å²) in [5.74, 6) is 0.681. The largest absolute Gasteiger partial charge is 0.299 e. The highest BCUT2D eigenvalue weighted by Gasteiger charge is 2.42. The minimum atomic E-state index is -0.222. The van der Waals surface area contributed by atoms with E-state index in [-0.39, 0.29) is 17.7 Å². The maximum Gasteiger partial charge on any atom is 0.236 e. The van der Waals surface area contributed by atoms with Gasteiger partial charge in [0.1, 0.15) is 5.82 Å². The van der Waals surface area contributed by atoms with Crippen LogP contribution in [0.25, 0.3) is 0 Å². The number of amides is 1. The van der Waals surface area contributed by atoms with Gasteiger partial charge in [0.25, 0.3) is 0 Å². The molecule has 0 N–H and O–H groups in total. The van der Waals surface area contributed by atoms with E-state index in [0.717, 1.165) is 16.9 Å². The second kappa shape index (κ2) is 5.63. The molecule has 1 amide bonds. The van der Waals surface area contributed by atoms with Gasteiger partial charge in [-0.1, -0.05) is 36.4 Å². The molecule has 0 saturated carbocycles. The van der Waals surface area contributed by atoms with Gasteiger partial charge >= 0.3 is 0 Å². The van der Waals surface area contributed by atoms with Gasteiger partial charge in [-0.2, -0.15) is 11.3 Å². The van der Waals surface area contributed by atoms with Gasteiger partial charge in [-0.05, 0) is 34.0 Å². The van der Waals surface area contributed by atoms with E-state index in [1.165, 1.54) is 5.56 Å². The van der Waals surface area contributed by atoms with Crippen LogP contribution in [0, 0.1) is 0 Å². The SMILES string of the molecule is CN1C(=O)C(C(c2ccccc2)c2ccsc2)c2cccnc21. The average molecular weight is 320 g/mol. The summed E-state index contributed by atoms with van der Waals surface area (Å²) in [6.07, 6.45) is 1.74. The molecule has 0 radical (unpaired) electrons. The van der Waals surface area contributed by atoms with E-state index in [9.17, 15) is 4.79 Å². The van der Waals surface area contributed by atoms with E-state index in [4.69, 9.17) is 0 Å². The van der Waals surface area contributed by atoms with Crippen molar-refractivity contribution in [1.82, 2.24) is 4.98 Å². The van der Waals surface area contributed by atoms with E-state index in [0.29, 0.717) is 0 Å². The molecule has 1 aromatic carbocycles. The summed E-state index contributed by atoms with van der Waals surface area (Å²) in [5, 5.41) is 4.21. The molecule has 0 aliphatic carbocycles. The number of carbonyl (C=O) groups excluding carboxylic acids is 1. The maximum atomic E-state index is 13.0. The Morgan fingerprint density at radius 3 is 2.65 bits per heavy atom. The number of benzene rings is 1. The Bertz CT molecular complexity index is 830. The van der Waals surface area contributed by atoms with E-state index in [1.54, 1.807) is 22.4 Å². The van der Waals surface area contributed by atoms with Gasteiger partial charge in [-0.25, -0.2) is 4.98 Å². The summed E-state index contributed by atoms with van der Waals surface area (Å²) in [5.41, 5.74) is 3.36. The summed E-state index contributed by atoms with van der Waals surface area (Å²) >= 11 is 1.66. The molecule has 114 valence electrons. The highest BCUT2D eigenvalue weighted by molar-refractivity contribution is 7.08. The minimum Gasteiger partial charge on any atom is -0.299 e. The van der Waals surface area contributed by atoms with Crippen molar-refractivity contribution in [1.29, 1.82) is 0 Å². The number of likely N-dealkylation sites (N-methyl/N-ethyl adjacent to an activating group) is 1. The number of hydrogen-bond acceptors (Lipinski definition) is 3. The van der Waals surface area contributed by atoms with Crippen molar-refractivity contribution in [2.75, 3.05) is 11.9 Å². The lowest BCUT2D eigenvalue weighted by atomic mass is 9.79. The molecule has 2 atom stereocenters. The summed E-state index contributed by atoms with van der Waals surface area (Å²) in [6.45, 7) is 0. The lowest BCUT2D eigenvalue weighted by Gasteiger charge is -2.23. The predicted octanol–water partition coefficient (Wildman–Crippen LogP) is 4.04. The number of aromatic nitrogens is 1. The zero-order chi connectivity index (χ0) is 15.8. The third kappa shape index (κ3) is 2.26. The van der Waals surface area contributed by atoms with Crippen molar-refractivity contribution >= 4 is 23.1 Å². The molecule has 0 spiro atoms. The first kappa shape index (κ1) is 14.2. The Morgan fingerprint density at radius 2 is 1.91 bits per heavy atom. The van der Waals surface area contributed by atoms with Crippen molar-refractivity contribution < 1.29 is 4.79 Å². The van der Waals surface area contributed by atoms with Gasteiger partial charge in [0.15, 0.2) is 0 Å². The maximum absolute atomic E-state index is 13.0. The van der Waals surface area contributed by atoms with Crippen LogP contribution in [0.5, 0.6) is 0 Å². The smallest absolute Gasteiger partial charge is 0.236 e. The number of carbonyl (C=O) groups is 1. The van der Waals surface area contributed by atoms with E-state index in [2.05, 4.69) is 33.9 Å². The topological polar surface area (TPSA) is 33.2 Å². The first-order valence-corrected chi connectivity index (χ1v) is 8.51. The molecule has 0 saturated heterocycles. The number of anilines is 1. The molecule has 1 aliphatic rings. The number of hydrogen-bond donors (Lipinski definition) is 0.